The molecule has 0 amide bonds. The lowest BCUT2D eigenvalue weighted by atomic mass is 9.93. The van der Waals surface area contributed by atoms with E-state index in [4.69, 9.17) is 23.2 Å². The number of hydrogen-bond donors (Lipinski definition) is 0. The van der Waals surface area contributed by atoms with Crippen LogP contribution in [-0.2, 0) is 12.8 Å². The first kappa shape index (κ1) is 32.4. The zero-order valence-electron chi connectivity index (χ0n) is 26.7. The molecule has 44 heavy (non-hydrogen) atoms. The normalized spacial score (nSPS) is 18.8. The molecular weight excluding hydrogens is 583 g/mol. The van der Waals surface area contributed by atoms with Crippen molar-refractivity contribution in [2.45, 2.75) is 90.5 Å². The van der Waals surface area contributed by atoms with Crippen molar-refractivity contribution in [2.75, 3.05) is 22.9 Å². The highest BCUT2D eigenvalue weighted by molar-refractivity contribution is 6.35. The fourth-order valence-corrected chi connectivity index (χ4v) is 7.30. The van der Waals surface area contributed by atoms with Gasteiger partial charge in [0.25, 0.3) is 0 Å². The van der Waals surface area contributed by atoms with Gasteiger partial charge in [0.2, 0.25) is 0 Å². The predicted octanol–water partition coefficient (Wildman–Crippen LogP) is 10.7. The number of halogens is 2. The summed E-state index contributed by atoms with van der Waals surface area (Å²) in [4.78, 5) is 4.59. The van der Waals surface area contributed by atoms with E-state index in [2.05, 4.69) is 96.8 Å². The zero-order valence-corrected chi connectivity index (χ0v) is 28.2. The molecule has 3 aromatic rings. The second-order valence-corrected chi connectivity index (χ2v) is 13.5. The molecule has 0 aromatic heterocycles. The molecule has 2 aliphatic rings. The zero-order chi connectivity index (χ0) is 31.1. The van der Waals surface area contributed by atoms with Gasteiger partial charge in [0.1, 0.15) is 12.2 Å². The molecule has 0 spiro atoms. The van der Waals surface area contributed by atoms with Crippen LogP contribution in [0.25, 0.3) is 0 Å². The Morgan fingerprint density at radius 2 is 1.66 bits per heavy atom. The molecule has 1 saturated carbocycles. The summed E-state index contributed by atoms with van der Waals surface area (Å²) in [5, 5.41) is 8.12. The van der Waals surface area contributed by atoms with Gasteiger partial charge in [-0.05, 0) is 130 Å². The number of hydrogen-bond acceptors (Lipinski definition) is 4. The molecule has 3 atom stereocenters. The first-order chi connectivity index (χ1) is 21.4. The predicted molar refractivity (Wildman–Crippen MR) is 190 cm³/mol. The molecule has 0 bridgehead atoms. The first-order valence-corrected chi connectivity index (χ1v) is 17.3. The number of benzene rings is 3. The lowest BCUT2D eigenvalue weighted by Gasteiger charge is -2.27. The third kappa shape index (κ3) is 8.00. The number of rotatable bonds is 14. The van der Waals surface area contributed by atoms with Crippen molar-refractivity contribution >= 4 is 40.9 Å². The minimum absolute atomic E-state index is 0.339. The van der Waals surface area contributed by atoms with Crippen LogP contribution in [0, 0.1) is 5.92 Å². The van der Waals surface area contributed by atoms with E-state index in [1.165, 1.54) is 48.1 Å². The van der Waals surface area contributed by atoms with E-state index in [0.29, 0.717) is 12.0 Å². The van der Waals surface area contributed by atoms with E-state index in [1.54, 1.807) is 0 Å². The molecule has 1 aliphatic heterocycles. The van der Waals surface area contributed by atoms with Gasteiger partial charge in [-0.15, -0.1) is 0 Å². The summed E-state index contributed by atoms with van der Waals surface area (Å²) >= 11 is 12.6. The van der Waals surface area contributed by atoms with Crippen molar-refractivity contribution in [2.24, 2.45) is 11.0 Å². The van der Waals surface area contributed by atoms with E-state index in [-0.39, 0.29) is 0 Å². The third-order valence-corrected chi connectivity index (χ3v) is 10.1. The van der Waals surface area contributed by atoms with Crippen LogP contribution in [0.1, 0.15) is 88.3 Å². The highest BCUT2D eigenvalue weighted by Crippen LogP contribution is 2.43. The quantitative estimate of drug-likeness (QED) is 0.177. The summed E-state index contributed by atoms with van der Waals surface area (Å²) in [6, 6.07) is 24.5. The molecule has 5 rings (SSSR count). The molecule has 0 N–H and O–H groups in total. The summed E-state index contributed by atoms with van der Waals surface area (Å²) in [6.45, 7) is 13.0. The van der Waals surface area contributed by atoms with Crippen LogP contribution in [0.15, 0.2) is 84.2 Å². The van der Waals surface area contributed by atoms with Crippen molar-refractivity contribution in [1.82, 2.24) is 5.01 Å². The van der Waals surface area contributed by atoms with Gasteiger partial charge in [-0.3, -0.25) is 4.90 Å². The highest BCUT2D eigenvalue weighted by Gasteiger charge is 2.27. The molecule has 3 aromatic carbocycles. The van der Waals surface area contributed by atoms with Gasteiger partial charge >= 0.3 is 0 Å². The number of nitrogens with zero attached hydrogens (tertiary/aromatic N) is 4. The lowest BCUT2D eigenvalue weighted by Crippen LogP contribution is -2.29. The first-order valence-electron chi connectivity index (χ1n) is 16.6. The van der Waals surface area contributed by atoms with Crippen molar-refractivity contribution in [3.05, 3.63) is 106 Å². The smallest absolute Gasteiger partial charge is 0.128 e. The largest absolute Gasteiger partial charge is 0.372 e. The van der Waals surface area contributed by atoms with Gasteiger partial charge < -0.3 is 4.90 Å². The molecule has 6 heteroatoms. The molecule has 1 fully saturated rings. The van der Waals surface area contributed by atoms with E-state index < -0.39 is 0 Å². The average Bonchev–Trinajstić information content (AvgIpc) is 3.66. The molecular formula is C38H48Cl2N4. The van der Waals surface area contributed by atoms with Crippen LogP contribution in [0.2, 0.25) is 10.0 Å². The molecule has 1 aliphatic carbocycles. The maximum atomic E-state index is 6.50. The van der Waals surface area contributed by atoms with Gasteiger partial charge in [-0.25, -0.2) is 5.01 Å². The van der Waals surface area contributed by atoms with Gasteiger partial charge in [0.05, 0.1) is 6.04 Å². The molecule has 1 heterocycles. The lowest BCUT2D eigenvalue weighted by molar-refractivity contribution is 0.286. The SMILES string of the molecule is C=C1N(c2ccc(N(CCC)CCCc3ccc(CC[C@@H]4CCC(c5ccc(Cl)cc5Cl)C4)cc3)cc2)C=NN1C(C)CC. The van der Waals surface area contributed by atoms with E-state index >= 15 is 0 Å². The summed E-state index contributed by atoms with van der Waals surface area (Å²) in [6.07, 6.45) is 12.4. The maximum Gasteiger partial charge on any atom is 0.128 e. The van der Waals surface area contributed by atoms with Crippen LogP contribution < -0.4 is 9.80 Å². The Morgan fingerprint density at radius 1 is 0.932 bits per heavy atom. The van der Waals surface area contributed by atoms with E-state index in [9.17, 15) is 0 Å². The van der Waals surface area contributed by atoms with Gasteiger partial charge in [-0.1, -0.05) is 74.0 Å². The molecule has 234 valence electrons. The second-order valence-electron chi connectivity index (χ2n) is 12.6. The molecule has 4 nitrogen and oxygen atoms in total. The Bertz CT molecular complexity index is 1400. The van der Waals surface area contributed by atoms with Crippen LogP contribution in [0.5, 0.6) is 0 Å². The summed E-state index contributed by atoms with van der Waals surface area (Å²) in [5.41, 5.74) is 6.53. The van der Waals surface area contributed by atoms with E-state index in [0.717, 1.165) is 72.7 Å². The second kappa shape index (κ2) is 15.4. The summed E-state index contributed by atoms with van der Waals surface area (Å²) in [5.74, 6) is 2.25. The van der Waals surface area contributed by atoms with E-state index in [1.807, 2.05) is 23.5 Å². The minimum atomic E-state index is 0.339. The molecule has 0 radical (unpaired) electrons. The maximum absolute atomic E-state index is 6.50. The van der Waals surface area contributed by atoms with Crippen LogP contribution in [0.4, 0.5) is 11.4 Å². The fourth-order valence-electron chi connectivity index (χ4n) is 6.74. The standard InChI is InChI=1S/C38H48Cl2N4/c1-5-23-42(35-18-20-36(21-19-35)43-27-41-44(29(43)4)28(3)6-2)24-7-8-30-9-11-31(12-10-30)13-14-32-15-16-33(25-32)37-22-17-34(39)26-38(37)40/h9-12,17-22,26-28,32-33H,4-8,13-16,23-25H2,1-3H3/t28?,32-,33?/m1/s1. The Balaban J connectivity index is 1.07. The average molecular weight is 632 g/mol. The van der Waals surface area contributed by atoms with Crippen molar-refractivity contribution in [3.8, 4) is 0 Å². The number of aryl methyl sites for hydroxylation is 2. The van der Waals surface area contributed by atoms with Crippen LogP contribution in [0.3, 0.4) is 0 Å². The molecule has 2 unspecified atom stereocenters. The topological polar surface area (TPSA) is 22.1 Å². The third-order valence-electron chi connectivity index (χ3n) is 9.53. The van der Waals surface area contributed by atoms with Gasteiger partial charge in [0, 0.05) is 34.5 Å². The molecule has 0 saturated heterocycles. The van der Waals surface area contributed by atoms with Gasteiger partial charge in [-0.2, -0.15) is 5.10 Å². The summed E-state index contributed by atoms with van der Waals surface area (Å²) < 4.78 is 0. The minimum Gasteiger partial charge on any atom is -0.372 e. The van der Waals surface area contributed by atoms with Crippen LogP contribution >= 0.6 is 23.2 Å². The van der Waals surface area contributed by atoms with Crippen molar-refractivity contribution in [1.29, 1.82) is 0 Å². The van der Waals surface area contributed by atoms with Gasteiger partial charge in [0.15, 0.2) is 0 Å². The number of hydrazone groups is 1. The van der Waals surface area contributed by atoms with Crippen molar-refractivity contribution in [3.63, 3.8) is 0 Å². The highest BCUT2D eigenvalue weighted by atomic mass is 35.5. The van der Waals surface area contributed by atoms with Crippen molar-refractivity contribution < 1.29 is 0 Å². The summed E-state index contributed by atoms with van der Waals surface area (Å²) in [7, 11) is 0. The Labute approximate surface area is 275 Å². The number of anilines is 2. The Hall–Kier alpha value is -2.95. The monoisotopic (exact) mass is 630 g/mol. The Morgan fingerprint density at radius 3 is 2.34 bits per heavy atom. The Kier molecular flexibility index (Phi) is 11.3. The fraction of sp³-hybridized carbons (Fsp3) is 0.447. The van der Waals surface area contributed by atoms with Crippen LogP contribution in [-0.4, -0.2) is 30.5 Å².